The Labute approximate surface area is 92.0 Å². The molecule has 0 bridgehead atoms. The van der Waals surface area contributed by atoms with E-state index in [0.29, 0.717) is 10.0 Å². The normalized spacial score (nSPS) is 25.6. The molecule has 1 aliphatic heterocycles. The van der Waals surface area contributed by atoms with Crippen molar-refractivity contribution in [2.75, 3.05) is 5.32 Å². The van der Waals surface area contributed by atoms with E-state index in [9.17, 15) is 0 Å². The van der Waals surface area contributed by atoms with Gasteiger partial charge in [0.2, 0.25) is 0 Å². The summed E-state index contributed by atoms with van der Waals surface area (Å²) in [6.07, 6.45) is 0. The SMILES string of the molecule is CC1(Cl)C(=S)Nc2ccc(Cl)cc21. The molecule has 1 N–H and O–H groups in total. The first-order valence-electron chi connectivity index (χ1n) is 3.82. The molecule has 0 saturated heterocycles. The van der Waals surface area contributed by atoms with Gasteiger partial charge in [0.1, 0.15) is 9.86 Å². The number of rotatable bonds is 0. The van der Waals surface area contributed by atoms with E-state index in [1.54, 1.807) is 0 Å². The first-order chi connectivity index (χ1) is 6.01. The molecule has 68 valence electrons. The maximum Gasteiger partial charge on any atom is 0.119 e. The van der Waals surface area contributed by atoms with Crippen LogP contribution in [0.15, 0.2) is 18.2 Å². The molecule has 2 rings (SSSR count). The van der Waals surface area contributed by atoms with Gasteiger partial charge in [0, 0.05) is 16.3 Å². The predicted octanol–water partition coefficient (Wildman–Crippen LogP) is 3.55. The highest BCUT2D eigenvalue weighted by atomic mass is 35.5. The number of halogens is 2. The number of benzene rings is 1. The van der Waals surface area contributed by atoms with Crippen LogP contribution >= 0.6 is 35.4 Å². The van der Waals surface area contributed by atoms with Crippen molar-refractivity contribution in [3.63, 3.8) is 0 Å². The number of hydrogen-bond donors (Lipinski definition) is 1. The quantitative estimate of drug-likeness (QED) is 0.542. The van der Waals surface area contributed by atoms with Crippen LogP contribution in [0.3, 0.4) is 0 Å². The lowest BCUT2D eigenvalue weighted by atomic mass is 10.0. The zero-order valence-electron chi connectivity index (χ0n) is 6.90. The van der Waals surface area contributed by atoms with Crippen molar-refractivity contribution >= 4 is 46.1 Å². The van der Waals surface area contributed by atoms with E-state index in [0.717, 1.165) is 11.3 Å². The molecule has 0 amide bonds. The van der Waals surface area contributed by atoms with Gasteiger partial charge in [-0.25, -0.2) is 0 Å². The van der Waals surface area contributed by atoms with Crippen LogP contribution in [0.25, 0.3) is 0 Å². The molecule has 1 heterocycles. The largest absolute Gasteiger partial charge is 0.348 e. The first-order valence-corrected chi connectivity index (χ1v) is 4.98. The average molecular weight is 232 g/mol. The minimum absolute atomic E-state index is 0.616. The van der Waals surface area contributed by atoms with E-state index in [2.05, 4.69) is 5.32 Å². The Kier molecular flexibility index (Phi) is 2.02. The van der Waals surface area contributed by atoms with Crippen molar-refractivity contribution in [3.8, 4) is 0 Å². The van der Waals surface area contributed by atoms with E-state index >= 15 is 0 Å². The van der Waals surface area contributed by atoms with Crippen LogP contribution in [0.5, 0.6) is 0 Å². The van der Waals surface area contributed by atoms with Gasteiger partial charge in [-0.1, -0.05) is 23.8 Å². The summed E-state index contributed by atoms with van der Waals surface area (Å²) in [4.78, 5) is 0.0154. The second kappa shape index (κ2) is 2.84. The van der Waals surface area contributed by atoms with E-state index in [4.69, 9.17) is 35.4 Å². The van der Waals surface area contributed by atoms with Gasteiger partial charge in [-0.2, -0.15) is 0 Å². The predicted molar refractivity (Wildman–Crippen MR) is 60.9 cm³/mol. The number of fused-ring (bicyclic) bond motifs is 1. The molecule has 1 atom stereocenters. The minimum atomic E-state index is -0.616. The molecule has 0 radical (unpaired) electrons. The van der Waals surface area contributed by atoms with Gasteiger partial charge in [0.15, 0.2) is 0 Å². The summed E-state index contributed by atoms with van der Waals surface area (Å²) in [5.41, 5.74) is 1.90. The lowest BCUT2D eigenvalue weighted by Crippen LogP contribution is -2.22. The smallest absolute Gasteiger partial charge is 0.119 e. The maximum absolute atomic E-state index is 6.26. The Morgan fingerprint density at radius 1 is 1.46 bits per heavy atom. The van der Waals surface area contributed by atoms with Gasteiger partial charge in [-0.05, 0) is 25.1 Å². The lowest BCUT2D eigenvalue weighted by Gasteiger charge is -2.14. The van der Waals surface area contributed by atoms with Crippen LogP contribution in [-0.4, -0.2) is 4.99 Å². The topological polar surface area (TPSA) is 12.0 Å². The first kappa shape index (κ1) is 9.25. The summed E-state index contributed by atoms with van der Waals surface area (Å²) in [5, 5.41) is 3.73. The van der Waals surface area contributed by atoms with Crippen molar-refractivity contribution in [1.29, 1.82) is 0 Å². The third-order valence-electron chi connectivity index (χ3n) is 2.16. The summed E-state index contributed by atoms with van der Waals surface area (Å²) in [6, 6.07) is 5.54. The summed E-state index contributed by atoms with van der Waals surface area (Å²) >= 11 is 17.2. The van der Waals surface area contributed by atoms with Crippen molar-refractivity contribution in [1.82, 2.24) is 0 Å². The third kappa shape index (κ3) is 1.33. The molecule has 0 spiro atoms. The fraction of sp³-hybridized carbons (Fsp3) is 0.222. The Balaban J connectivity index is 2.64. The highest BCUT2D eigenvalue weighted by Gasteiger charge is 2.37. The molecular weight excluding hydrogens is 225 g/mol. The molecule has 4 heteroatoms. The van der Waals surface area contributed by atoms with E-state index in [-0.39, 0.29) is 0 Å². The molecule has 0 aromatic heterocycles. The number of nitrogens with one attached hydrogen (secondary N) is 1. The molecular formula is C9H7Cl2NS. The number of alkyl halides is 1. The minimum Gasteiger partial charge on any atom is -0.348 e. The van der Waals surface area contributed by atoms with Crippen LogP contribution in [0.4, 0.5) is 5.69 Å². The van der Waals surface area contributed by atoms with Gasteiger partial charge >= 0.3 is 0 Å². The Bertz CT molecular complexity index is 387. The molecule has 0 saturated carbocycles. The average Bonchev–Trinajstić information content (AvgIpc) is 2.27. The number of anilines is 1. The maximum atomic E-state index is 6.26. The van der Waals surface area contributed by atoms with Crippen molar-refractivity contribution in [2.45, 2.75) is 11.8 Å². The Hall–Kier alpha value is -0.310. The Morgan fingerprint density at radius 3 is 2.85 bits per heavy atom. The summed E-state index contributed by atoms with van der Waals surface area (Å²) < 4.78 is 0. The lowest BCUT2D eigenvalue weighted by molar-refractivity contribution is 0.960. The fourth-order valence-electron chi connectivity index (χ4n) is 1.38. The molecule has 1 nitrogen and oxygen atoms in total. The molecule has 13 heavy (non-hydrogen) atoms. The van der Waals surface area contributed by atoms with Gasteiger partial charge in [-0.15, -0.1) is 11.6 Å². The Morgan fingerprint density at radius 2 is 2.15 bits per heavy atom. The van der Waals surface area contributed by atoms with Crippen LogP contribution in [0.1, 0.15) is 12.5 Å². The second-order valence-corrected chi connectivity index (χ2v) is 4.75. The molecule has 0 fully saturated rings. The van der Waals surface area contributed by atoms with E-state index < -0.39 is 4.87 Å². The summed E-state index contributed by atoms with van der Waals surface area (Å²) in [7, 11) is 0. The number of hydrogen-bond acceptors (Lipinski definition) is 1. The van der Waals surface area contributed by atoms with Crippen LogP contribution in [0, 0.1) is 0 Å². The van der Waals surface area contributed by atoms with E-state index in [1.807, 2.05) is 25.1 Å². The highest BCUT2D eigenvalue weighted by molar-refractivity contribution is 7.81. The molecule has 1 unspecified atom stereocenters. The summed E-state index contributed by atoms with van der Waals surface area (Å²) in [6.45, 7) is 1.87. The third-order valence-corrected chi connectivity index (χ3v) is 3.41. The van der Waals surface area contributed by atoms with Gasteiger partial charge in [0.25, 0.3) is 0 Å². The van der Waals surface area contributed by atoms with Crippen LogP contribution in [0.2, 0.25) is 5.02 Å². The number of thiocarbonyl (C=S) groups is 1. The molecule has 0 aliphatic carbocycles. The van der Waals surface area contributed by atoms with Crippen molar-refractivity contribution in [3.05, 3.63) is 28.8 Å². The summed E-state index contributed by atoms with van der Waals surface area (Å²) in [5.74, 6) is 0. The zero-order chi connectivity index (χ0) is 9.64. The standard InChI is InChI=1S/C9H7Cl2NS/c1-9(11)6-4-5(10)2-3-7(6)12-8(9)13/h2-4H,1H3,(H,12,13). The monoisotopic (exact) mass is 231 g/mol. The molecule has 1 aliphatic rings. The van der Waals surface area contributed by atoms with Crippen molar-refractivity contribution < 1.29 is 0 Å². The van der Waals surface area contributed by atoms with Crippen molar-refractivity contribution in [2.24, 2.45) is 0 Å². The van der Waals surface area contributed by atoms with E-state index in [1.165, 1.54) is 0 Å². The zero-order valence-corrected chi connectivity index (χ0v) is 9.22. The molecule has 1 aromatic carbocycles. The van der Waals surface area contributed by atoms with Gasteiger partial charge < -0.3 is 5.32 Å². The molecule has 1 aromatic rings. The highest BCUT2D eigenvalue weighted by Crippen LogP contribution is 2.42. The van der Waals surface area contributed by atoms with Gasteiger partial charge in [0.05, 0.1) is 0 Å². The fourth-order valence-corrected chi connectivity index (χ4v) is 1.97. The van der Waals surface area contributed by atoms with Gasteiger partial charge in [-0.3, -0.25) is 0 Å². The van der Waals surface area contributed by atoms with Crippen LogP contribution < -0.4 is 5.32 Å². The van der Waals surface area contributed by atoms with Crippen LogP contribution in [-0.2, 0) is 4.87 Å². The second-order valence-electron chi connectivity index (χ2n) is 3.15.